The summed E-state index contributed by atoms with van der Waals surface area (Å²) in [6, 6.07) is 5.69. The van der Waals surface area contributed by atoms with Crippen molar-refractivity contribution in [3.05, 3.63) is 34.9 Å². The fourth-order valence-corrected chi connectivity index (χ4v) is 1.01. The Labute approximate surface area is 122 Å². The Morgan fingerprint density at radius 3 is 1.92 bits per heavy atom. The van der Waals surface area contributed by atoms with Gasteiger partial charge in [-0.05, 0) is 12.1 Å². The predicted molar refractivity (Wildman–Crippen MR) is 44.2 cm³/mol. The van der Waals surface area contributed by atoms with Gasteiger partial charge in [0.15, 0.2) is 0 Å². The van der Waals surface area contributed by atoms with Crippen LogP contribution in [0, 0.1) is 0 Å². The van der Waals surface area contributed by atoms with Gasteiger partial charge in [0.1, 0.15) is 0 Å². The number of hydrogen-bond donors (Lipinski definition) is 0. The summed E-state index contributed by atoms with van der Waals surface area (Å²) in [6.07, 6.45) is -0.836. The van der Waals surface area contributed by atoms with Gasteiger partial charge in [0.25, 0.3) is 0 Å². The number of benzene rings is 1. The van der Waals surface area contributed by atoms with Gasteiger partial charge >= 0.3 is 58.4 Å². The van der Waals surface area contributed by atoms with E-state index in [-0.39, 0.29) is 56.9 Å². The molecule has 1 rings (SSSR count). The Bertz CT molecular complexity index is 259. The average molecular weight is 232 g/mol. The topological polar surface area (TPSA) is 0 Å². The molecule has 0 nitrogen and oxygen atoms in total. The van der Waals surface area contributed by atoms with E-state index in [1.54, 1.807) is 0 Å². The van der Waals surface area contributed by atoms with E-state index in [9.17, 15) is 12.9 Å². The molecule has 0 spiro atoms. The van der Waals surface area contributed by atoms with Gasteiger partial charge in [-0.3, -0.25) is 0 Å². The van der Waals surface area contributed by atoms with E-state index < -0.39 is 13.3 Å². The Morgan fingerprint density at radius 2 is 1.54 bits per heavy atom. The molecule has 0 saturated carbocycles. The quantitative estimate of drug-likeness (QED) is 0.643. The van der Waals surface area contributed by atoms with Gasteiger partial charge in [-0.2, -0.15) is 0 Å². The Kier molecular flexibility index (Phi) is 6.22. The zero-order valence-corrected chi connectivity index (χ0v) is 11.0. The van der Waals surface area contributed by atoms with Gasteiger partial charge in [0.2, 0.25) is 0 Å². The molecule has 0 aromatic heterocycles. The van der Waals surface area contributed by atoms with Crippen molar-refractivity contribution in [2.45, 2.75) is 6.32 Å². The first-order valence-corrected chi connectivity index (χ1v) is 3.80. The summed E-state index contributed by atoms with van der Waals surface area (Å²) in [4.78, 5) is 0. The maximum Gasteiger partial charge on any atom is 1.00 e. The second-order valence-corrected chi connectivity index (χ2v) is 2.98. The molecule has 66 valence electrons. The Hall–Kier alpha value is 1.00. The molecule has 13 heavy (non-hydrogen) atoms. The van der Waals surface area contributed by atoms with E-state index in [1.807, 2.05) is 0 Å². The third kappa shape index (κ3) is 6.15. The molecule has 0 bridgehead atoms. The molecule has 0 aliphatic heterocycles. The van der Waals surface area contributed by atoms with Crippen molar-refractivity contribution in [3.8, 4) is 0 Å². The standard InChI is InChI=1S/C7H6BClF3.K/c9-7-3-1-6(2-4-7)5-8(10,11)12;/h1-4H,5H2;/q-1;+1. The smallest absolute Gasteiger partial charge is 0.449 e. The third-order valence-corrected chi connectivity index (χ3v) is 1.63. The van der Waals surface area contributed by atoms with E-state index in [0.717, 1.165) is 0 Å². The molecule has 0 aliphatic carbocycles. The first-order chi connectivity index (χ1) is 5.47. The molecule has 0 radical (unpaired) electrons. The fraction of sp³-hybridized carbons (Fsp3) is 0.143. The molecular weight excluding hydrogens is 226 g/mol. The monoisotopic (exact) mass is 232 g/mol. The minimum Gasteiger partial charge on any atom is -0.449 e. The third-order valence-electron chi connectivity index (χ3n) is 1.38. The Morgan fingerprint density at radius 1 is 1.08 bits per heavy atom. The van der Waals surface area contributed by atoms with Crippen molar-refractivity contribution in [2.75, 3.05) is 0 Å². The van der Waals surface area contributed by atoms with Crippen molar-refractivity contribution in [2.24, 2.45) is 0 Å². The van der Waals surface area contributed by atoms with Crippen molar-refractivity contribution >= 4 is 18.6 Å². The van der Waals surface area contributed by atoms with Crippen LogP contribution in [0.4, 0.5) is 12.9 Å². The van der Waals surface area contributed by atoms with E-state index in [0.29, 0.717) is 5.02 Å². The summed E-state index contributed by atoms with van der Waals surface area (Å²) in [7, 11) is 0. The zero-order chi connectivity index (χ0) is 9.19. The summed E-state index contributed by atoms with van der Waals surface area (Å²) in [6.45, 7) is -4.74. The molecule has 6 heteroatoms. The first kappa shape index (κ1) is 14.0. The van der Waals surface area contributed by atoms with Gasteiger partial charge in [-0.15, -0.1) is 0 Å². The van der Waals surface area contributed by atoms with Crippen molar-refractivity contribution in [3.63, 3.8) is 0 Å². The molecule has 0 amide bonds. The number of halogens is 4. The first-order valence-electron chi connectivity index (χ1n) is 3.43. The van der Waals surface area contributed by atoms with Gasteiger partial charge in [-0.1, -0.05) is 35.6 Å². The van der Waals surface area contributed by atoms with Crippen LogP contribution in [-0.2, 0) is 6.32 Å². The second-order valence-electron chi connectivity index (χ2n) is 2.54. The van der Waals surface area contributed by atoms with Crippen LogP contribution in [0.15, 0.2) is 24.3 Å². The largest absolute Gasteiger partial charge is 1.00 e. The van der Waals surface area contributed by atoms with Crippen LogP contribution in [0.1, 0.15) is 5.56 Å². The van der Waals surface area contributed by atoms with E-state index in [1.165, 1.54) is 24.3 Å². The molecule has 0 saturated heterocycles. The molecule has 0 heterocycles. The van der Waals surface area contributed by atoms with Gasteiger partial charge in [-0.25, -0.2) is 0 Å². The van der Waals surface area contributed by atoms with Crippen LogP contribution in [0.3, 0.4) is 0 Å². The van der Waals surface area contributed by atoms with Crippen LogP contribution >= 0.6 is 11.6 Å². The number of hydrogen-bond acceptors (Lipinski definition) is 0. The molecule has 0 unspecified atom stereocenters. The van der Waals surface area contributed by atoms with Crippen LogP contribution in [0.25, 0.3) is 0 Å². The van der Waals surface area contributed by atoms with Crippen LogP contribution in [-0.4, -0.2) is 6.98 Å². The SMILES string of the molecule is F[B-](F)(F)Cc1ccc(Cl)cc1.[K+]. The van der Waals surface area contributed by atoms with E-state index >= 15 is 0 Å². The normalized spacial score (nSPS) is 10.8. The minimum atomic E-state index is -4.74. The zero-order valence-electron chi connectivity index (χ0n) is 7.11. The minimum absolute atomic E-state index is 0. The molecule has 0 fully saturated rings. The molecule has 0 N–H and O–H groups in total. The van der Waals surface area contributed by atoms with Gasteiger partial charge < -0.3 is 12.9 Å². The molecular formula is C7H6BClF3K. The van der Waals surface area contributed by atoms with Crippen LogP contribution in [0.5, 0.6) is 0 Å². The second kappa shape index (κ2) is 5.78. The summed E-state index contributed by atoms with van der Waals surface area (Å²) < 4.78 is 35.6. The molecule has 0 aliphatic rings. The summed E-state index contributed by atoms with van der Waals surface area (Å²) >= 11 is 5.51. The molecule has 0 atom stereocenters. The number of rotatable bonds is 2. The summed E-state index contributed by atoms with van der Waals surface area (Å²) in [5.41, 5.74) is 0.256. The summed E-state index contributed by atoms with van der Waals surface area (Å²) in [5.74, 6) is 0. The van der Waals surface area contributed by atoms with E-state index in [2.05, 4.69) is 0 Å². The summed E-state index contributed by atoms with van der Waals surface area (Å²) in [5, 5.41) is 0.452. The fourth-order valence-electron chi connectivity index (χ4n) is 0.888. The molecule has 1 aromatic rings. The molecule has 1 aromatic carbocycles. The van der Waals surface area contributed by atoms with Crippen molar-refractivity contribution in [1.82, 2.24) is 0 Å². The predicted octanol–water partition coefficient (Wildman–Crippen LogP) is 0.273. The van der Waals surface area contributed by atoms with Crippen molar-refractivity contribution < 1.29 is 64.3 Å². The van der Waals surface area contributed by atoms with Crippen molar-refractivity contribution in [1.29, 1.82) is 0 Å². The van der Waals surface area contributed by atoms with Gasteiger partial charge in [0.05, 0.1) is 0 Å². The maximum absolute atomic E-state index is 11.9. The average Bonchev–Trinajstić information content (AvgIpc) is 1.91. The maximum atomic E-state index is 11.9. The van der Waals surface area contributed by atoms with Crippen LogP contribution < -0.4 is 51.4 Å². The van der Waals surface area contributed by atoms with Gasteiger partial charge in [0, 0.05) is 5.02 Å². The van der Waals surface area contributed by atoms with E-state index in [4.69, 9.17) is 11.6 Å². The Balaban J connectivity index is 0.00000144. The van der Waals surface area contributed by atoms with Crippen LogP contribution in [0.2, 0.25) is 5.02 Å².